The molecule has 3 heteroatoms. The summed E-state index contributed by atoms with van der Waals surface area (Å²) in [6.07, 6.45) is 5.02. The zero-order valence-corrected chi connectivity index (χ0v) is 13.6. The number of hydrogen-bond donors (Lipinski definition) is 0. The molecule has 2 nitrogen and oxygen atoms in total. The molecule has 0 radical (unpaired) electrons. The van der Waals surface area contributed by atoms with Crippen LogP contribution in [0.4, 0.5) is 0 Å². The van der Waals surface area contributed by atoms with Crippen LogP contribution in [0.1, 0.15) is 34.1 Å². The van der Waals surface area contributed by atoms with Gasteiger partial charge >= 0.3 is 0 Å². The first-order valence-corrected chi connectivity index (χ1v) is 7.88. The Labute approximate surface area is 124 Å². The molecule has 0 amide bonds. The first kappa shape index (κ1) is 13.4. The van der Waals surface area contributed by atoms with Crippen molar-refractivity contribution < 1.29 is 0 Å². The minimum atomic E-state index is 1.05. The highest BCUT2D eigenvalue weighted by Gasteiger charge is 2.18. The maximum Gasteiger partial charge on any atom is 0.194 e. The van der Waals surface area contributed by atoms with E-state index in [9.17, 15) is 0 Å². The van der Waals surface area contributed by atoms with Gasteiger partial charge in [0, 0.05) is 22.8 Å². The van der Waals surface area contributed by atoms with Crippen LogP contribution in [0.2, 0.25) is 0 Å². The summed E-state index contributed by atoms with van der Waals surface area (Å²) in [4.78, 5) is 6.97. The van der Waals surface area contributed by atoms with E-state index >= 15 is 0 Å². The Bertz CT molecular complexity index is 767. The first-order valence-electron chi connectivity index (χ1n) is 7.07. The first-order chi connectivity index (χ1) is 9.54. The number of nitrogens with zero attached hydrogens (tertiary/aromatic N) is 2. The van der Waals surface area contributed by atoms with E-state index in [0.29, 0.717) is 0 Å². The van der Waals surface area contributed by atoms with Gasteiger partial charge in [-0.3, -0.25) is 4.40 Å². The van der Waals surface area contributed by atoms with Gasteiger partial charge in [-0.05, 0) is 56.4 Å². The number of rotatable bonds is 2. The van der Waals surface area contributed by atoms with E-state index in [1.54, 1.807) is 11.3 Å². The van der Waals surface area contributed by atoms with Crippen molar-refractivity contribution in [1.29, 1.82) is 0 Å². The lowest BCUT2D eigenvalue weighted by Crippen LogP contribution is -1.99. The van der Waals surface area contributed by atoms with Gasteiger partial charge < -0.3 is 0 Å². The molecule has 20 heavy (non-hydrogen) atoms. The predicted octanol–water partition coefficient (Wildman–Crippen LogP) is 4.86. The molecule has 2 heterocycles. The van der Waals surface area contributed by atoms with Crippen molar-refractivity contribution in [1.82, 2.24) is 9.38 Å². The van der Waals surface area contributed by atoms with Gasteiger partial charge in [-0.2, -0.15) is 0 Å². The minimum Gasteiger partial charge on any atom is -0.290 e. The number of imidazole rings is 1. The number of aromatic nitrogens is 2. The lowest BCUT2D eigenvalue weighted by Gasteiger charge is -2.16. The predicted molar refractivity (Wildman–Crippen MR) is 86.8 cm³/mol. The highest BCUT2D eigenvalue weighted by Crippen LogP contribution is 2.37. The monoisotopic (exact) mass is 284 g/mol. The normalized spacial score (nSPS) is 11.4. The topological polar surface area (TPSA) is 17.3 Å². The number of thiazole rings is 1. The van der Waals surface area contributed by atoms with Gasteiger partial charge in [-0.15, -0.1) is 11.3 Å². The highest BCUT2D eigenvalue weighted by molar-refractivity contribution is 7.17. The summed E-state index contributed by atoms with van der Waals surface area (Å²) in [7, 11) is 0. The fourth-order valence-corrected chi connectivity index (χ4v) is 3.93. The van der Waals surface area contributed by atoms with Crippen LogP contribution in [-0.2, 0) is 6.42 Å². The van der Waals surface area contributed by atoms with Gasteiger partial charge in [0.15, 0.2) is 4.96 Å². The molecule has 0 unspecified atom stereocenters. The van der Waals surface area contributed by atoms with Crippen LogP contribution in [0, 0.1) is 27.7 Å². The Hall–Kier alpha value is -1.61. The Morgan fingerprint density at radius 2 is 1.75 bits per heavy atom. The van der Waals surface area contributed by atoms with Gasteiger partial charge in [0.25, 0.3) is 0 Å². The lowest BCUT2D eigenvalue weighted by atomic mass is 9.91. The number of aryl methyl sites for hydroxylation is 3. The van der Waals surface area contributed by atoms with E-state index in [1.807, 2.05) is 6.20 Å². The molecule has 3 aromatic rings. The summed E-state index contributed by atoms with van der Waals surface area (Å²) in [5.41, 5.74) is 8.23. The highest BCUT2D eigenvalue weighted by atomic mass is 32.1. The average molecular weight is 284 g/mol. The van der Waals surface area contributed by atoms with Gasteiger partial charge in [-0.1, -0.05) is 13.0 Å². The van der Waals surface area contributed by atoms with Gasteiger partial charge in [0.05, 0.1) is 5.69 Å². The summed E-state index contributed by atoms with van der Waals surface area (Å²) < 4.78 is 2.25. The van der Waals surface area contributed by atoms with Crippen molar-refractivity contribution in [2.24, 2.45) is 0 Å². The third-order valence-corrected chi connectivity index (χ3v) is 5.46. The van der Waals surface area contributed by atoms with Crippen molar-refractivity contribution in [3.05, 3.63) is 45.6 Å². The summed E-state index contributed by atoms with van der Waals surface area (Å²) >= 11 is 1.81. The Kier molecular flexibility index (Phi) is 3.17. The van der Waals surface area contributed by atoms with E-state index in [0.717, 1.165) is 11.4 Å². The summed E-state index contributed by atoms with van der Waals surface area (Å²) in [5.74, 6) is 0. The van der Waals surface area contributed by atoms with Gasteiger partial charge in [-0.25, -0.2) is 4.98 Å². The third kappa shape index (κ3) is 1.80. The smallest absolute Gasteiger partial charge is 0.194 e. The van der Waals surface area contributed by atoms with Crippen LogP contribution in [0.15, 0.2) is 18.5 Å². The standard InChI is InChI=1S/C17H20N2S/c1-6-14-16(19-8-7-18-17(19)20-14)15-12(4)10(2)9-11(3)13(15)5/h7-9H,6H2,1-5H3. The van der Waals surface area contributed by atoms with Crippen molar-refractivity contribution in [3.8, 4) is 11.3 Å². The van der Waals surface area contributed by atoms with Crippen LogP contribution in [0.3, 0.4) is 0 Å². The Morgan fingerprint density at radius 3 is 2.35 bits per heavy atom. The second-order valence-electron chi connectivity index (χ2n) is 5.44. The molecule has 0 aliphatic heterocycles. The molecule has 104 valence electrons. The Morgan fingerprint density at radius 1 is 1.10 bits per heavy atom. The average Bonchev–Trinajstić information content (AvgIpc) is 2.98. The molecule has 3 rings (SSSR count). The zero-order valence-electron chi connectivity index (χ0n) is 12.7. The van der Waals surface area contributed by atoms with E-state index in [-0.39, 0.29) is 0 Å². The molecule has 1 aromatic carbocycles. The largest absolute Gasteiger partial charge is 0.290 e. The van der Waals surface area contributed by atoms with Crippen LogP contribution in [-0.4, -0.2) is 9.38 Å². The van der Waals surface area contributed by atoms with Crippen molar-refractivity contribution in [2.45, 2.75) is 41.0 Å². The second kappa shape index (κ2) is 4.74. The van der Waals surface area contributed by atoms with Gasteiger partial charge in [0.2, 0.25) is 0 Å². The van der Waals surface area contributed by atoms with Crippen molar-refractivity contribution >= 4 is 16.3 Å². The molecule has 0 saturated heterocycles. The molecular weight excluding hydrogens is 264 g/mol. The molecule has 0 aliphatic rings. The zero-order chi connectivity index (χ0) is 14.4. The van der Waals surface area contributed by atoms with E-state index < -0.39 is 0 Å². The van der Waals surface area contributed by atoms with Crippen LogP contribution < -0.4 is 0 Å². The van der Waals surface area contributed by atoms with Crippen molar-refractivity contribution in [2.75, 3.05) is 0 Å². The maximum atomic E-state index is 4.46. The molecule has 0 saturated carbocycles. The van der Waals surface area contributed by atoms with Crippen LogP contribution in [0.25, 0.3) is 16.2 Å². The van der Waals surface area contributed by atoms with Crippen molar-refractivity contribution in [3.63, 3.8) is 0 Å². The van der Waals surface area contributed by atoms with E-state index in [4.69, 9.17) is 0 Å². The molecule has 0 fully saturated rings. The molecule has 0 bridgehead atoms. The molecule has 2 aromatic heterocycles. The molecule has 0 N–H and O–H groups in total. The second-order valence-corrected chi connectivity index (χ2v) is 6.50. The summed E-state index contributed by atoms with van der Waals surface area (Å²) in [6.45, 7) is 11.1. The number of hydrogen-bond acceptors (Lipinski definition) is 2. The SMILES string of the molecule is CCc1sc2nccn2c1-c1c(C)c(C)cc(C)c1C. The quantitative estimate of drug-likeness (QED) is 0.657. The number of fused-ring (bicyclic) bond motifs is 1. The van der Waals surface area contributed by atoms with Gasteiger partial charge in [0.1, 0.15) is 0 Å². The van der Waals surface area contributed by atoms with Crippen LogP contribution >= 0.6 is 11.3 Å². The summed E-state index contributed by atoms with van der Waals surface area (Å²) in [6, 6.07) is 2.29. The number of benzene rings is 1. The molecular formula is C17H20N2S. The molecule has 0 atom stereocenters. The summed E-state index contributed by atoms with van der Waals surface area (Å²) in [5, 5.41) is 0. The van der Waals surface area contributed by atoms with E-state index in [2.05, 4.69) is 56.3 Å². The fourth-order valence-electron chi connectivity index (χ4n) is 2.90. The lowest BCUT2D eigenvalue weighted by molar-refractivity contribution is 1.12. The minimum absolute atomic E-state index is 1.05. The van der Waals surface area contributed by atoms with E-state index in [1.165, 1.54) is 38.4 Å². The molecule has 0 aliphatic carbocycles. The van der Waals surface area contributed by atoms with Crippen LogP contribution in [0.5, 0.6) is 0 Å². The third-order valence-electron chi connectivity index (χ3n) is 4.25. The maximum absolute atomic E-state index is 4.46. The molecule has 0 spiro atoms. The fraction of sp³-hybridized carbons (Fsp3) is 0.353. The Balaban J connectivity index is 2.44.